The van der Waals surface area contributed by atoms with Crippen LogP contribution >= 0.6 is 0 Å². The molecular weight excluding hydrogens is 224 g/mol. The molecule has 0 heterocycles. The molecule has 0 radical (unpaired) electrons. The fourth-order valence-corrected chi connectivity index (χ4v) is 1.42. The Balaban J connectivity index is 2.82. The molecule has 0 saturated carbocycles. The molecule has 0 saturated heterocycles. The summed E-state index contributed by atoms with van der Waals surface area (Å²) < 4.78 is 49.3. The predicted molar refractivity (Wildman–Crippen MR) is 51.3 cm³/mol. The first kappa shape index (κ1) is 13.0. The molecule has 0 aliphatic heterocycles. The van der Waals surface area contributed by atoms with Gasteiger partial charge in [-0.15, -0.1) is 0 Å². The summed E-state index contributed by atoms with van der Waals surface area (Å²) in [6, 6.07) is 5.28. The lowest BCUT2D eigenvalue weighted by Crippen LogP contribution is -2.25. The van der Waals surface area contributed by atoms with Crippen molar-refractivity contribution in [3.63, 3.8) is 0 Å². The SMILES string of the molecule is CC(O)(CCC(F)(F)F)c1ccccc1F. The lowest BCUT2D eigenvalue weighted by atomic mass is 9.90. The second-order valence-electron chi connectivity index (χ2n) is 3.87. The summed E-state index contributed by atoms with van der Waals surface area (Å²) in [4.78, 5) is 0. The highest BCUT2D eigenvalue weighted by Gasteiger charge is 2.34. The van der Waals surface area contributed by atoms with Gasteiger partial charge in [-0.05, 0) is 19.4 Å². The Hall–Kier alpha value is -1.10. The first-order valence-corrected chi connectivity index (χ1v) is 4.76. The van der Waals surface area contributed by atoms with Crippen molar-refractivity contribution < 1.29 is 22.7 Å². The molecule has 5 heteroatoms. The number of benzene rings is 1. The summed E-state index contributed by atoms with van der Waals surface area (Å²) in [5.74, 6) is -0.699. The molecule has 16 heavy (non-hydrogen) atoms. The maximum atomic E-state index is 13.3. The minimum absolute atomic E-state index is 0.112. The van der Waals surface area contributed by atoms with Crippen LogP contribution in [-0.4, -0.2) is 11.3 Å². The molecule has 1 atom stereocenters. The maximum absolute atomic E-state index is 13.3. The second-order valence-corrected chi connectivity index (χ2v) is 3.87. The number of rotatable bonds is 3. The third kappa shape index (κ3) is 3.48. The molecule has 1 unspecified atom stereocenters. The molecule has 0 fully saturated rings. The van der Waals surface area contributed by atoms with Crippen LogP contribution in [0.5, 0.6) is 0 Å². The Morgan fingerprint density at radius 2 is 1.69 bits per heavy atom. The Morgan fingerprint density at radius 3 is 2.19 bits per heavy atom. The third-order valence-electron chi connectivity index (χ3n) is 2.35. The molecule has 0 amide bonds. The van der Waals surface area contributed by atoms with Crippen LogP contribution in [0.3, 0.4) is 0 Å². The van der Waals surface area contributed by atoms with Gasteiger partial charge in [0.15, 0.2) is 0 Å². The molecule has 1 aromatic rings. The largest absolute Gasteiger partial charge is 0.389 e. The van der Waals surface area contributed by atoms with Gasteiger partial charge in [0.1, 0.15) is 5.82 Å². The summed E-state index contributed by atoms with van der Waals surface area (Å²) in [5, 5.41) is 9.79. The van der Waals surface area contributed by atoms with E-state index in [1.807, 2.05) is 0 Å². The van der Waals surface area contributed by atoms with Gasteiger partial charge in [-0.3, -0.25) is 0 Å². The number of hydrogen-bond donors (Lipinski definition) is 1. The van der Waals surface area contributed by atoms with E-state index in [-0.39, 0.29) is 5.56 Å². The Bertz CT molecular complexity index is 357. The number of hydrogen-bond acceptors (Lipinski definition) is 1. The topological polar surface area (TPSA) is 20.2 Å². The van der Waals surface area contributed by atoms with Gasteiger partial charge in [-0.25, -0.2) is 4.39 Å². The van der Waals surface area contributed by atoms with Crippen LogP contribution in [0.4, 0.5) is 17.6 Å². The molecule has 1 nitrogen and oxygen atoms in total. The standard InChI is InChI=1S/C11H12F4O/c1-10(16,6-7-11(13,14)15)8-4-2-3-5-9(8)12/h2-5,16H,6-7H2,1H3. The molecule has 0 spiro atoms. The van der Waals surface area contributed by atoms with Gasteiger partial charge in [0.25, 0.3) is 0 Å². The van der Waals surface area contributed by atoms with Gasteiger partial charge in [0.2, 0.25) is 0 Å². The fraction of sp³-hybridized carbons (Fsp3) is 0.455. The average Bonchev–Trinajstić information content (AvgIpc) is 2.14. The van der Waals surface area contributed by atoms with Crippen molar-refractivity contribution >= 4 is 0 Å². The van der Waals surface area contributed by atoms with E-state index < -0.39 is 30.4 Å². The molecule has 0 aromatic heterocycles. The van der Waals surface area contributed by atoms with Crippen LogP contribution in [0.1, 0.15) is 25.3 Å². The number of alkyl halides is 3. The fourth-order valence-electron chi connectivity index (χ4n) is 1.42. The van der Waals surface area contributed by atoms with Gasteiger partial charge in [-0.2, -0.15) is 13.2 Å². The van der Waals surface area contributed by atoms with E-state index in [1.54, 1.807) is 0 Å². The van der Waals surface area contributed by atoms with E-state index in [0.29, 0.717) is 0 Å². The van der Waals surface area contributed by atoms with Crippen molar-refractivity contribution in [2.24, 2.45) is 0 Å². The minimum atomic E-state index is -4.35. The van der Waals surface area contributed by atoms with Gasteiger partial charge >= 0.3 is 6.18 Å². The molecule has 0 aliphatic carbocycles. The Labute approximate surface area is 90.7 Å². The normalized spacial score (nSPS) is 15.9. The van der Waals surface area contributed by atoms with E-state index in [0.717, 1.165) is 6.07 Å². The van der Waals surface area contributed by atoms with Crippen LogP contribution in [0.2, 0.25) is 0 Å². The first-order valence-electron chi connectivity index (χ1n) is 4.76. The molecule has 1 N–H and O–H groups in total. The molecule has 1 aromatic carbocycles. The quantitative estimate of drug-likeness (QED) is 0.798. The molecular formula is C11H12F4O. The van der Waals surface area contributed by atoms with E-state index in [2.05, 4.69) is 0 Å². The monoisotopic (exact) mass is 236 g/mol. The molecule has 1 rings (SSSR count). The van der Waals surface area contributed by atoms with Gasteiger partial charge in [0, 0.05) is 12.0 Å². The van der Waals surface area contributed by atoms with Crippen molar-refractivity contribution in [2.75, 3.05) is 0 Å². The van der Waals surface area contributed by atoms with Gasteiger partial charge < -0.3 is 5.11 Å². The minimum Gasteiger partial charge on any atom is -0.385 e. The second kappa shape index (κ2) is 4.41. The zero-order valence-electron chi connectivity index (χ0n) is 8.68. The van der Waals surface area contributed by atoms with Crippen LogP contribution in [0.25, 0.3) is 0 Å². The van der Waals surface area contributed by atoms with Crippen molar-refractivity contribution in [1.29, 1.82) is 0 Å². The van der Waals surface area contributed by atoms with Crippen molar-refractivity contribution in [1.82, 2.24) is 0 Å². The van der Waals surface area contributed by atoms with Crippen molar-refractivity contribution in [2.45, 2.75) is 31.5 Å². The molecule has 0 aliphatic rings. The average molecular weight is 236 g/mol. The van der Waals surface area contributed by atoms with E-state index in [4.69, 9.17) is 0 Å². The van der Waals surface area contributed by atoms with Gasteiger partial charge in [0.05, 0.1) is 5.60 Å². The highest BCUT2D eigenvalue weighted by molar-refractivity contribution is 5.23. The highest BCUT2D eigenvalue weighted by Crippen LogP contribution is 2.32. The number of aliphatic hydroxyl groups is 1. The zero-order chi connectivity index (χ0) is 12.4. The zero-order valence-corrected chi connectivity index (χ0v) is 8.68. The van der Waals surface area contributed by atoms with Crippen molar-refractivity contribution in [3.8, 4) is 0 Å². The highest BCUT2D eigenvalue weighted by atomic mass is 19.4. The van der Waals surface area contributed by atoms with Crippen LogP contribution in [0.15, 0.2) is 24.3 Å². The summed E-state index contributed by atoms with van der Waals surface area (Å²) in [6.07, 6.45) is -6.05. The van der Waals surface area contributed by atoms with Crippen LogP contribution < -0.4 is 0 Å². The lowest BCUT2D eigenvalue weighted by Gasteiger charge is -2.24. The van der Waals surface area contributed by atoms with E-state index >= 15 is 0 Å². The van der Waals surface area contributed by atoms with E-state index in [9.17, 15) is 22.7 Å². The first-order chi connectivity index (χ1) is 7.22. The third-order valence-corrected chi connectivity index (χ3v) is 2.35. The maximum Gasteiger partial charge on any atom is 0.389 e. The molecule has 0 bridgehead atoms. The smallest absolute Gasteiger partial charge is 0.385 e. The predicted octanol–water partition coefficient (Wildman–Crippen LogP) is 3.38. The summed E-state index contributed by atoms with van der Waals surface area (Å²) in [6.45, 7) is 1.18. The Morgan fingerprint density at radius 1 is 1.12 bits per heavy atom. The van der Waals surface area contributed by atoms with Gasteiger partial charge in [-0.1, -0.05) is 18.2 Å². The lowest BCUT2D eigenvalue weighted by molar-refractivity contribution is -0.146. The number of halogens is 4. The van der Waals surface area contributed by atoms with Crippen LogP contribution in [-0.2, 0) is 5.60 Å². The summed E-state index contributed by atoms with van der Waals surface area (Å²) >= 11 is 0. The summed E-state index contributed by atoms with van der Waals surface area (Å²) in [5.41, 5.74) is -1.92. The molecule has 90 valence electrons. The summed E-state index contributed by atoms with van der Waals surface area (Å²) in [7, 11) is 0. The Kier molecular flexibility index (Phi) is 3.57. The van der Waals surface area contributed by atoms with Crippen LogP contribution in [0, 0.1) is 5.82 Å². The van der Waals surface area contributed by atoms with E-state index in [1.165, 1.54) is 25.1 Å². The van der Waals surface area contributed by atoms with Crippen molar-refractivity contribution in [3.05, 3.63) is 35.6 Å².